The molecule has 0 saturated carbocycles. The maximum atomic E-state index is 9.41. The number of rotatable bonds is 3. The van der Waals surface area contributed by atoms with Crippen LogP contribution >= 0.6 is 0 Å². The van der Waals surface area contributed by atoms with Crippen LogP contribution in [-0.4, -0.2) is 35.4 Å². The molecule has 0 bridgehead atoms. The number of pyridine rings is 1. The van der Waals surface area contributed by atoms with Gasteiger partial charge in [0.15, 0.2) is 0 Å². The first-order valence-electron chi connectivity index (χ1n) is 7.01. The van der Waals surface area contributed by atoms with Crippen LogP contribution in [-0.2, 0) is 11.3 Å². The normalized spacial score (nSPS) is 24.0. The lowest BCUT2D eigenvalue weighted by Crippen LogP contribution is -2.47. The summed E-state index contributed by atoms with van der Waals surface area (Å²) in [6, 6.07) is 4.29. The van der Waals surface area contributed by atoms with Crippen molar-refractivity contribution in [2.24, 2.45) is 0 Å². The van der Waals surface area contributed by atoms with E-state index in [1.807, 2.05) is 12.1 Å². The molecule has 1 aliphatic rings. The van der Waals surface area contributed by atoms with Gasteiger partial charge in [0.1, 0.15) is 5.82 Å². The number of aliphatic hydroxyl groups is 1. The van der Waals surface area contributed by atoms with Crippen LogP contribution in [0.2, 0.25) is 0 Å². The van der Waals surface area contributed by atoms with Gasteiger partial charge in [-0.05, 0) is 37.5 Å². The van der Waals surface area contributed by atoms with Gasteiger partial charge in [0.25, 0.3) is 0 Å². The van der Waals surface area contributed by atoms with E-state index in [1.54, 1.807) is 0 Å². The van der Waals surface area contributed by atoms with Gasteiger partial charge in [0, 0.05) is 12.2 Å². The Kier molecular flexibility index (Phi) is 4.42. The quantitative estimate of drug-likeness (QED) is 0.910. The average molecular weight is 264 g/mol. The topological polar surface area (TPSA) is 45.6 Å². The Morgan fingerprint density at radius 2 is 2.16 bits per heavy atom. The van der Waals surface area contributed by atoms with E-state index in [4.69, 9.17) is 9.72 Å². The summed E-state index contributed by atoms with van der Waals surface area (Å²) in [4.78, 5) is 7.03. The molecule has 1 saturated heterocycles. The molecule has 1 fully saturated rings. The predicted octanol–water partition coefficient (Wildman–Crippen LogP) is 2.31. The zero-order valence-electron chi connectivity index (χ0n) is 12.3. The highest BCUT2D eigenvalue weighted by Crippen LogP contribution is 2.24. The van der Waals surface area contributed by atoms with Crippen LogP contribution in [0.15, 0.2) is 12.1 Å². The maximum absolute atomic E-state index is 9.41. The Morgan fingerprint density at radius 1 is 1.42 bits per heavy atom. The van der Waals surface area contributed by atoms with E-state index in [9.17, 15) is 5.11 Å². The molecule has 19 heavy (non-hydrogen) atoms. The van der Waals surface area contributed by atoms with Crippen molar-refractivity contribution in [1.29, 1.82) is 0 Å². The summed E-state index contributed by atoms with van der Waals surface area (Å²) in [5.41, 5.74) is 1.97. The number of ether oxygens (including phenoxy) is 1. The first kappa shape index (κ1) is 14.3. The molecule has 4 nitrogen and oxygen atoms in total. The highest BCUT2D eigenvalue weighted by molar-refractivity contribution is 5.44. The van der Waals surface area contributed by atoms with Crippen molar-refractivity contribution >= 4 is 5.82 Å². The second-order valence-electron chi connectivity index (χ2n) is 5.72. The summed E-state index contributed by atoms with van der Waals surface area (Å²) in [6.45, 7) is 10.1. The van der Waals surface area contributed by atoms with Crippen LogP contribution in [0.25, 0.3) is 0 Å². The lowest BCUT2D eigenvalue weighted by Gasteiger charge is -2.38. The van der Waals surface area contributed by atoms with Gasteiger partial charge in [-0.3, -0.25) is 0 Å². The van der Waals surface area contributed by atoms with E-state index in [-0.39, 0.29) is 12.7 Å². The first-order valence-corrected chi connectivity index (χ1v) is 7.01. The molecule has 2 rings (SSSR count). The minimum atomic E-state index is 0.0590. The smallest absolute Gasteiger partial charge is 0.129 e. The van der Waals surface area contributed by atoms with Crippen molar-refractivity contribution in [3.8, 4) is 0 Å². The van der Waals surface area contributed by atoms with Crippen molar-refractivity contribution in [2.45, 2.75) is 52.4 Å². The summed E-state index contributed by atoms with van der Waals surface area (Å²) < 4.78 is 5.66. The zero-order chi connectivity index (χ0) is 14.0. The molecular formula is C15H24N2O2. The van der Waals surface area contributed by atoms with Crippen LogP contribution in [0.4, 0.5) is 5.82 Å². The lowest BCUT2D eigenvalue weighted by molar-refractivity contribution is 0.0340. The number of hydrogen-bond donors (Lipinski definition) is 1. The van der Waals surface area contributed by atoms with Gasteiger partial charge in [-0.25, -0.2) is 4.98 Å². The Balaban J connectivity index is 2.34. The summed E-state index contributed by atoms with van der Waals surface area (Å²) in [6.07, 6.45) is 0.221. The Morgan fingerprint density at radius 3 is 2.79 bits per heavy atom. The number of aliphatic hydroxyl groups excluding tert-OH is 1. The van der Waals surface area contributed by atoms with Crippen molar-refractivity contribution < 1.29 is 9.84 Å². The SMILES string of the molecule is CC1CN(c2cc(CO)cc(C(C)C)n2)C(C)CO1. The number of morpholine rings is 1. The zero-order valence-corrected chi connectivity index (χ0v) is 12.3. The van der Waals surface area contributed by atoms with Crippen molar-refractivity contribution in [2.75, 3.05) is 18.1 Å². The maximum Gasteiger partial charge on any atom is 0.129 e. The second kappa shape index (κ2) is 5.88. The fraction of sp³-hybridized carbons (Fsp3) is 0.667. The molecule has 2 heterocycles. The van der Waals surface area contributed by atoms with E-state index in [0.717, 1.165) is 30.2 Å². The molecule has 4 heteroatoms. The summed E-state index contributed by atoms with van der Waals surface area (Å²) >= 11 is 0. The fourth-order valence-corrected chi connectivity index (χ4v) is 2.35. The average Bonchev–Trinajstić information content (AvgIpc) is 2.40. The van der Waals surface area contributed by atoms with Gasteiger partial charge < -0.3 is 14.7 Å². The third kappa shape index (κ3) is 3.25. The minimum absolute atomic E-state index is 0.0590. The molecule has 0 spiro atoms. The molecule has 1 aromatic heterocycles. The summed E-state index contributed by atoms with van der Waals surface area (Å²) in [5.74, 6) is 1.32. The fourth-order valence-electron chi connectivity index (χ4n) is 2.35. The highest BCUT2D eigenvalue weighted by Gasteiger charge is 2.25. The first-order chi connectivity index (χ1) is 9.01. The third-order valence-corrected chi connectivity index (χ3v) is 3.57. The van der Waals surface area contributed by atoms with E-state index in [0.29, 0.717) is 12.0 Å². The van der Waals surface area contributed by atoms with Crippen LogP contribution < -0.4 is 4.90 Å². The van der Waals surface area contributed by atoms with Gasteiger partial charge >= 0.3 is 0 Å². The molecule has 0 radical (unpaired) electrons. The molecule has 1 aromatic rings. The van der Waals surface area contributed by atoms with E-state index < -0.39 is 0 Å². The molecule has 0 amide bonds. The van der Waals surface area contributed by atoms with Gasteiger partial charge in [-0.15, -0.1) is 0 Å². The number of hydrogen-bond acceptors (Lipinski definition) is 4. The minimum Gasteiger partial charge on any atom is -0.392 e. The van der Waals surface area contributed by atoms with Crippen LogP contribution in [0.5, 0.6) is 0 Å². The van der Waals surface area contributed by atoms with Crippen molar-refractivity contribution in [3.05, 3.63) is 23.4 Å². The predicted molar refractivity (Wildman–Crippen MR) is 76.5 cm³/mol. The van der Waals surface area contributed by atoms with Gasteiger partial charge in [-0.2, -0.15) is 0 Å². The molecule has 2 unspecified atom stereocenters. The number of nitrogens with zero attached hydrogens (tertiary/aromatic N) is 2. The Labute approximate surface area is 115 Å². The Hall–Kier alpha value is -1.13. The summed E-state index contributed by atoms with van der Waals surface area (Å²) in [7, 11) is 0. The molecule has 2 atom stereocenters. The summed E-state index contributed by atoms with van der Waals surface area (Å²) in [5, 5.41) is 9.41. The third-order valence-electron chi connectivity index (χ3n) is 3.57. The van der Waals surface area contributed by atoms with E-state index >= 15 is 0 Å². The standard InChI is InChI=1S/C15H24N2O2/c1-10(2)14-5-13(8-18)6-15(16-14)17-7-12(4)19-9-11(17)3/h5-6,10-12,18H,7-9H2,1-4H3. The van der Waals surface area contributed by atoms with E-state index in [2.05, 4.69) is 32.6 Å². The highest BCUT2D eigenvalue weighted by atomic mass is 16.5. The molecular weight excluding hydrogens is 240 g/mol. The van der Waals surface area contributed by atoms with Gasteiger partial charge in [0.2, 0.25) is 0 Å². The van der Waals surface area contributed by atoms with Crippen molar-refractivity contribution in [1.82, 2.24) is 4.98 Å². The molecule has 1 aliphatic heterocycles. The van der Waals surface area contributed by atoms with Gasteiger partial charge in [0.05, 0.1) is 25.4 Å². The lowest BCUT2D eigenvalue weighted by atomic mass is 10.1. The van der Waals surface area contributed by atoms with E-state index in [1.165, 1.54) is 0 Å². The largest absolute Gasteiger partial charge is 0.392 e. The number of aromatic nitrogens is 1. The monoisotopic (exact) mass is 264 g/mol. The molecule has 1 N–H and O–H groups in total. The van der Waals surface area contributed by atoms with Crippen LogP contribution in [0, 0.1) is 0 Å². The van der Waals surface area contributed by atoms with Crippen LogP contribution in [0.1, 0.15) is 44.9 Å². The van der Waals surface area contributed by atoms with Crippen molar-refractivity contribution in [3.63, 3.8) is 0 Å². The molecule has 106 valence electrons. The molecule has 0 aromatic carbocycles. The second-order valence-corrected chi connectivity index (χ2v) is 5.72. The Bertz CT molecular complexity index is 434. The number of anilines is 1. The van der Waals surface area contributed by atoms with Gasteiger partial charge in [-0.1, -0.05) is 13.8 Å². The van der Waals surface area contributed by atoms with Crippen LogP contribution in [0.3, 0.4) is 0 Å². The molecule has 0 aliphatic carbocycles.